The van der Waals surface area contributed by atoms with E-state index in [-0.39, 0.29) is 12.3 Å². The van der Waals surface area contributed by atoms with Gasteiger partial charge in [0.15, 0.2) is 5.78 Å². The fourth-order valence-electron chi connectivity index (χ4n) is 4.23. The van der Waals surface area contributed by atoms with Crippen molar-refractivity contribution in [3.63, 3.8) is 0 Å². The molecule has 0 saturated carbocycles. The van der Waals surface area contributed by atoms with Crippen molar-refractivity contribution in [1.29, 1.82) is 0 Å². The minimum Gasteiger partial charge on any atom is -0.292 e. The van der Waals surface area contributed by atoms with Gasteiger partial charge in [0.05, 0.1) is 18.5 Å². The summed E-state index contributed by atoms with van der Waals surface area (Å²) in [4.78, 5) is 41.1. The standard InChI is InChI=1S/C23H25N3O5S/c1-15-6-9-19(10-7-15)26-16(2)22(28)24(23(26)29)14-21(27)18-8-11-20-17(13-18)5-4-12-25(20)32(3,30)31/h6-11,13,16H,4-5,12,14H2,1-3H3/t16-/m1/s1. The molecular weight excluding hydrogens is 430 g/mol. The number of hydrogen-bond donors (Lipinski definition) is 0. The smallest absolute Gasteiger partial charge is 0.292 e. The first kappa shape index (κ1) is 22.0. The Bertz CT molecular complexity index is 1210. The van der Waals surface area contributed by atoms with E-state index in [2.05, 4.69) is 0 Å². The molecule has 2 aliphatic rings. The normalized spacial score (nSPS) is 18.8. The molecule has 0 aromatic heterocycles. The zero-order valence-corrected chi connectivity index (χ0v) is 19.1. The minimum atomic E-state index is -3.40. The number of rotatable bonds is 5. The molecule has 2 aromatic carbocycles. The van der Waals surface area contributed by atoms with Gasteiger partial charge in [-0.05, 0) is 62.6 Å². The molecule has 168 valence electrons. The number of anilines is 2. The SMILES string of the molecule is Cc1ccc(N2C(=O)N(CC(=O)c3ccc4c(c3)CCCN4S(C)(=O)=O)C(=O)[C@H]2C)cc1. The van der Waals surface area contributed by atoms with Gasteiger partial charge in [-0.3, -0.25) is 23.7 Å². The molecule has 0 spiro atoms. The van der Waals surface area contributed by atoms with Crippen LogP contribution < -0.4 is 9.21 Å². The second kappa shape index (κ2) is 8.05. The fourth-order valence-corrected chi connectivity index (χ4v) is 5.22. The highest BCUT2D eigenvalue weighted by molar-refractivity contribution is 7.92. The molecule has 2 aromatic rings. The lowest BCUT2D eigenvalue weighted by molar-refractivity contribution is -0.126. The molecule has 0 aliphatic carbocycles. The van der Waals surface area contributed by atoms with E-state index in [0.717, 1.165) is 22.3 Å². The van der Waals surface area contributed by atoms with Crippen LogP contribution in [0.15, 0.2) is 42.5 Å². The van der Waals surface area contributed by atoms with Crippen molar-refractivity contribution in [1.82, 2.24) is 4.90 Å². The van der Waals surface area contributed by atoms with Crippen LogP contribution in [0.25, 0.3) is 0 Å². The van der Waals surface area contributed by atoms with Gasteiger partial charge in [0.1, 0.15) is 6.04 Å². The molecule has 2 aliphatic heterocycles. The maximum atomic E-state index is 13.0. The quantitative estimate of drug-likeness (QED) is 0.510. The number of Topliss-reactive ketones (excluding diaryl/α,β-unsaturated/α-hetero) is 1. The first-order valence-corrected chi connectivity index (χ1v) is 12.3. The lowest BCUT2D eigenvalue weighted by Gasteiger charge is -2.29. The van der Waals surface area contributed by atoms with Crippen LogP contribution in [-0.4, -0.2) is 56.4 Å². The average Bonchev–Trinajstić information content (AvgIpc) is 2.96. The molecule has 0 bridgehead atoms. The van der Waals surface area contributed by atoms with Crippen LogP contribution in [0.2, 0.25) is 0 Å². The molecular formula is C23H25N3O5S. The van der Waals surface area contributed by atoms with Crippen molar-refractivity contribution in [3.8, 4) is 0 Å². The van der Waals surface area contributed by atoms with Gasteiger partial charge in [0.25, 0.3) is 5.91 Å². The van der Waals surface area contributed by atoms with Gasteiger partial charge in [0, 0.05) is 17.8 Å². The highest BCUT2D eigenvalue weighted by Crippen LogP contribution is 2.31. The largest absolute Gasteiger partial charge is 0.332 e. The molecule has 32 heavy (non-hydrogen) atoms. The van der Waals surface area contributed by atoms with E-state index in [1.807, 2.05) is 19.1 Å². The van der Waals surface area contributed by atoms with E-state index < -0.39 is 28.0 Å². The van der Waals surface area contributed by atoms with Gasteiger partial charge < -0.3 is 0 Å². The number of sulfonamides is 1. The van der Waals surface area contributed by atoms with Gasteiger partial charge in [-0.1, -0.05) is 17.7 Å². The van der Waals surface area contributed by atoms with Crippen molar-refractivity contribution in [2.45, 2.75) is 32.7 Å². The van der Waals surface area contributed by atoms with Crippen LogP contribution in [0.1, 0.15) is 34.8 Å². The number of hydrogen-bond acceptors (Lipinski definition) is 5. The lowest BCUT2D eigenvalue weighted by Crippen LogP contribution is -2.37. The molecule has 0 unspecified atom stereocenters. The highest BCUT2D eigenvalue weighted by atomic mass is 32.2. The fraction of sp³-hybridized carbons (Fsp3) is 0.348. The minimum absolute atomic E-state index is 0.348. The molecule has 8 nitrogen and oxygen atoms in total. The predicted molar refractivity (Wildman–Crippen MR) is 122 cm³/mol. The molecule has 1 fully saturated rings. The zero-order valence-electron chi connectivity index (χ0n) is 18.2. The lowest BCUT2D eigenvalue weighted by atomic mass is 9.99. The number of fused-ring (bicyclic) bond motifs is 1. The third kappa shape index (κ3) is 3.88. The van der Waals surface area contributed by atoms with Gasteiger partial charge in [-0.25, -0.2) is 13.2 Å². The summed E-state index contributed by atoms with van der Waals surface area (Å²) in [5, 5.41) is 0. The summed E-state index contributed by atoms with van der Waals surface area (Å²) in [6, 6.07) is 10.9. The Kier molecular flexibility index (Phi) is 5.54. The van der Waals surface area contributed by atoms with Crippen LogP contribution in [0.5, 0.6) is 0 Å². The second-order valence-corrected chi connectivity index (χ2v) is 10.2. The number of urea groups is 1. The molecule has 0 N–H and O–H groups in total. The van der Waals surface area contributed by atoms with E-state index in [0.29, 0.717) is 36.3 Å². The predicted octanol–water partition coefficient (Wildman–Crippen LogP) is 2.75. The number of benzene rings is 2. The van der Waals surface area contributed by atoms with Gasteiger partial charge in [-0.15, -0.1) is 0 Å². The van der Waals surface area contributed by atoms with Crippen molar-refractivity contribution in [3.05, 3.63) is 59.2 Å². The number of nitrogens with zero attached hydrogens (tertiary/aromatic N) is 3. The first-order chi connectivity index (χ1) is 15.1. The van der Waals surface area contributed by atoms with E-state index in [4.69, 9.17) is 0 Å². The Morgan fingerprint density at radius 2 is 1.78 bits per heavy atom. The van der Waals surface area contributed by atoms with Gasteiger partial charge in [0.2, 0.25) is 10.0 Å². The molecule has 0 radical (unpaired) electrons. The van der Waals surface area contributed by atoms with E-state index >= 15 is 0 Å². The van der Waals surface area contributed by atoms with Crippen LogP contribution in [-0.2, 0) is 21.2 Å². The monoisotopic (exact) mass is 455 g/mol. The van der Waals surface area contributed by atoms with E-state index in [1.165, 1.54) is 9.21 Å². The summed E-state index contributed by atoms with van der Waals surface area (Å²) in [6.45, 7) is 3.62. The Hall–Kier alpha value is -3.20. The summed E-state index contributed by atoms with van der Waals surface area (Å²) >= 11 is 0. The van der Waals surface area contributed by atoms with Crippen molar-refractivity contribution < 1.29 is 22.8 Å². The Labute approximate surface area is 187 Å². The summed E-state index contributed by atoms with van der Waals surface area (Å²) in [7, 11) is -3.40. The summed E-state index contributed by atoms with van der Waals surface area (Å²) in [5.74, 6) is -0.797. The topological polar surface area (TPSA) is 95.1 Å². The van der Waals surface area contributed by atoms with Crippen LogP contribution in [0, 0.1) is 6.92 Å². The maximum absolute atomic E-state index is 13.0. The number of aryl methyl sites for hydroxylation is 2. The van der Waals surface area contributed by atoms with Gasteiger partial charge in [-0.2, -0.15) is 0 Å². The Morgan fingerprint density at radius 3 is 2.44 bits per heavy atom. The van der Waals surface area contributed by atoms with E-state index in [9.17, 15) is 22.8 Å². The summed E-state index contributed by atoms with van der Waals surface area (Å²) < 4.78 is 25.4. The third-order valence-corrected chi connectivity index (χ3v) is 7.12. The molecule has 4 rings (SSSR count). The molecule has 9 heteroatoms. The summed E-state index contributed by atoms with van der Waals surface area (Å²) in [6.07, 6.45) is 2.47. The average molecular weight is 456 g/mol. The van der Waals surface area contributed by atoms with Crippen LogP contribution in [0.3, 0.4) is 0 Å². The van der Waals surface area contributed by atoms with Crippen molar-refractivity contribution in [2.75, 3.05) is 28.6 Å². The zero-order chi connectivity index (χ0) is 23.2. The van der Waals surface area contributed by atoms with Crippen molar-refractivity contribution >= 4 is 39.1 Å². The van der Waals surface area contributed by atoms with Crippen molar-refractivity contribution in [2.24, 2.45) is 0 Å². The number of ketones is 1. The Morgan fingerprint density at radius 1 is 1.09 bits per heavy atom. The van der Waals surface area contributed by atoms with E-state index in [1.54, 1.807) is 37.3 Å². The van der Waals surface area contributed by atoms with Crippen LogP contribution >= 0.6 is 0 Å². The highest BCUT2D eigenvalue weighted by Gasteiger charge is 2.44. The molecule has 2 heterocycles. The first-order valence-electron chi connectivity index (χ1n) is 10.4. The number of imide groups is 1. The molecule has 1 saturated heterocycles. The molecule has 3 amide bonds. The third-order valence-electron chi connectivity index (χ3n) is 5.94. The molecule has 1 atom stereocenters. The summed E-state index contributed by atoms with van der Waals surface area (Å²) in [5.41, 5.74) is 3.32. The maximum Gasteiger partial charge on any atom is 0.332 e. The Balaban J connectivity index is 1.56. The number of carbonyl (C=O) groups is 3. The number of amides is 3. The van der Waals surface area contributed by atoms with Crippen LogP contribution in [0.4, 0.5) is 16.2 Å². The second-order valence-electron chi connectivity index (χ2n) is 8.29. The number of carbonyl (C=O) groups excluding carboxylic acids is 3. The van der Waals surface area contributed by atoms with Gasteiger partial charge >= 0.3 is 6.03 Å².